The SMILES string of the molecule is Cc1nnc(C(OC[C@H]2O[C@@H](n3cnc4c(NC(=O)OC(C)(C)C)nc(Cl)nc43)[C@@H]3OC(C)(C)O[C@@H]32)P(=O)(O)O)o1. The van der Waals surface area contributed by atoms with E-state index in [2.05, 4.69) is 30.5 Å². The highest BCUT2D eigenvalue weighted by Gasteiger charge is 2.56. The number of ether oxygens (including phenoxy) is 5. The summed E-state index contributed by atoms with van der Waals surface area (Å²) in [7, 11) is -4.86. The van der Waals surface area contributed by atoms with Crippen LogP contribution in [0.15, 0.2) is 10.7 Å². The molecule has 224 valence electrons. The lowest BCUT2D eigenvalue weighted by Crippen LogP contribution is -2.33. The second-order valence-corrected chi connectivity index (χ2v) is 12.8. The van der Waals surface area contributed by atoms with Gasteiger partial charge < -0.3 is 37.9 Å². The van der Waals surface area contributed by atoms with Gasteiger partial charge >= 0.3 is 13.7 Å². The Kier molecular flexibility index (Phi) is 7.61. The first-order chi connectivity index (χ1) is 19.0. The Bertz CT molecular complexity index is 1500. The van der Waals surface area contributed by atoms with E-state index in [9.17, 15) is 19.1 Å². The molecule has 19 heteroatoms. The van der Waals surface area contributed by atoms with E-state index in [-0.39, 0.29) is 40.7 Å². The molecule has 2 saturated heterocycles. The fourth-order valence-electron chi connectivity index (χ4n) is 4.49. The van der Waals surface area contributed by atoms with E-state index in [0.29, 0.717) is 0 Å². The van der Waals surface area contributed by atoms with Gasteiger partial charge in [-0.25, -0.2) is 9.78 Å². The van der Waals surface area contributed by atoms with E-state index < -0.39 is 55.5 Å². The zero-order chi connectivity index (χ0) is 29.9. The molecule has 5 heterocycles. The summed E-state index contributed by atoms with van der Waals surface area (Å²) in [4.78, 5) is 44.8. The third-order valence-electron chi connectivity index (χ3n) is 5.89. The highest BCUT2D eigenvalue weighted by molar-refractivity contribution is 7.51. The number of amides is 1. The van der Waals surface area contributed by atoms with Crippen LogP contribution < -0.4 is 5.32 Å². The smallest absolute Gasteiger partial charge is 0.413 e. The number of hydrogen-bond donors (Lipinski definition) is 3. The molecule has 41 heavy (non-hydrogen) atoms. The van der Waals surface area contributed by atoms with Crippen molar-refractivity contribution in [1.29, 1.82) is 0 Å². The Hall–Kier alpha value is -2.76. The molecule has 5 atom stereocenters. The standard InChI is InChI=1S/C22H29ClN7O10P/c1-9-28-29-16(36-9)18(41(32,33)34)35-7-10-12-13(39-22(5,6)38-12)17(37-10)30-8-24-11-14(25-19(23)27-15(11)30)26-20(31)40-21(2,3)4/h8,10,12-13,17-18H,7H2,1-6H3,(H2,32,33,34)(H,25,26,27,31)/t10-,12-,13-,17-,18?/m1/s1. The summed E-state index contributed by atoms with van der Waals surface area (Å²) in [6, 6.07) is 0. The second-order valence-electron chi connectivity index (χ2n) is 10.9. The van der Waals surface area contributed by atoms with E-state index in [1.807, 2.05) is 0 Å². The van der Waals surface area contributed by atoms with Crippen LogP contribution in [0.3, 0.4) is 0 Å². The summed E-state index contributed by atoms with van der Waals surface area (Å²) < 4.78 is 48.2. The van der Waals surface area contributed by atoms with Crippen LogP contribution in [0.5, 0.6) is 0 Å². The third-order valence-corrected chi connectivity index (χ3v) is 7.04. The number of aryl methyl sites for hydroxylation is 1. The minimum atomic E-state index is -4.86. The van der Waals surface area contributed by atoms with E-state index in [4.69, 9.17) is 39.7 Å². The van der Waals surface area contributed by atoms with Gasteiger partial charge in [0.15, 0.2) is 29.0 Å². The summed E-state index contributed by atoms with van der Waals surface area (Å²) in [5.74, 6) is -3.08. The molecule has 3 aromatic heterocycles. The number of imidazole rings is 1. The molecule has 0 spiro atoms. The fourth-order valence-corrected chi connectivity index (χ4v) is 5.33. The molecule has 1 unspecified atom stereocenters. The highest BCUT2D eigenvalue weighted by atomic mass is 35.5. The Balaban J connectivity index is 1.42. The number of hydrogen-bond acceptors (Lipinski definition) is 13. The number of nitrogens with one attached hydrogen (secondary N) is 1. The van der Waals surface area contributed by atoms with Gasteiger partial charge in [0.1, 0.15) is 23.9 Å². The third kappa shape index (κ3) is 6.36. The van der Waals surface area contributed by atoms with Gasteiger partial charge in [-0.3, -0.25) is 14.4 Å². The molecule has 0 aliphatic carbocycles. The Morgan fingerprint density at radius 3 is 2.59 bits per heavy atom. The van der Waals surface area contributed by atoms with Crippen molar-refractivity contribution >= 4 is 42.3 Å². The van der Waals surface area contributed by atoms with Gasteiger partial charge in [0.2, 0.25) is 17.0 Å². The molecule has 2 fully saturated rings. The topological polar surface area (TPSA) is 215 Å². The molecule has 0 saturated carbocycles. The summed E-state index contributed by atoms with van der Waals surface area (Å²) in [6.07, 6.45) is -2.53. The summed E-state index contributed by atoms with van der Waals surface area (Å²) in [5.41, 5.74) is -0.340. The average Bonchev–Trinajstić information content (AvgIpc) is 3.55. The van der Waals surface area contributed by atoms with Crippen molar-refractivity contribution in [3.63, 3.8) is 0 Å². The molecule has 1 amide bonds. The normalized spacial score (nSPS) is 24.9. The molecule has 3 aromatic rings. The quantitative estimate of drug-likeness (QED) is 0.256. The van der Waals surface area contributed by atoms with Crippen molar-refractivity contribution in [3.8, 4) is 0 Å². The number of anilines is 1. The maximum atomic E-state index is 12.4. The van der Waals surface area contributed by atoms with Gasteiger partial charge in [-0.2, -0.15) is 9.97 Å². The molecule has 3 N–H and O–H groups in total. The molecule has 0 radical (unpaired) electrons. The van der Waals surface area contributed by atoms with Crippen LogP contribution in [0.1, 0.15) is 58.5 Å². The summed E-state index contributed by atoms with van der Waals surface area (Å²) in [6.45, 7) is 9.73. The van der Waals surface area contributed by atoms with Gasteiger partial charge in [-0.15, -0.1) is 10.2 Å². The number of carbonyl (C=O) groups is 1. The summed E-state index contributed by atoms with van der Waals surface area (Å²) >= 11 is 6.18. The first kappa shape index (κ1) is 29.7. The van der Waals surface area contributed by atoms with E-state index in [1.165, 1.54) is 17.8 Å². The zero-order valence-corrected chi connectivity index (χ0v) is 24.5. The van der Waals surface area contributed by atoms with Crippen LogP contribution in [0, 0.1) is 6.92 Å². The first-order valence-electron chi connectivity index (χ1n) is 12.4. The lowest BCUT2D eigenvalue weighted by Gasteiger charge is -2.25. The molecule has 2 aliphatic rings. The van der Waals surface area contributed by atoms with Crippen molar-refractivity contribution in [2.24, 2.45) is 0 Å². The number of rotatable bonds is 7. The van der Waals surface area contributed by atoms with Crippen molar-refractivity contribution in [1.82, 2.24) is 29.7 Å². The van der Waals surface area contributed by atoms with Crippen molar-refractivity contribution in [3.05, 3.63) is 23.4 Å². The predicted octanol–water partition coefficient (Wildman–Crippen LogP) is 2.83. The van der Waals surface area contributed by atoms with E-state index >= 15 is 0 Å². The van der Waals surface area contributed by atoms with Gasteiger partial charge in [-0.1, -0.05) is 0 Å². The number of fused-ring (bicyclic) bond motifs is 2. The second kappa shape index (κ2) is 10.5. The summed E-state index contributed by atoms with van der Waals surface area (Å²) in [5, 5.41) is 9.66. The molecule has 0 aromatic carbocycles. The monoisotopic (exact) mass is 617 g/mol. The molecular weight excluding hydrogens is 589 g/mol. The van der Waals surface area contributed by atoms with Gasteiger partial charge in [-0.05, 0) is 46.2 Å². The largest absolute Gasteiger partial charge is 0.444 e. The van der Waals surface area contributed by atoms with Crippen LogP contribution in [0.25, 0.3) is 11.2 Å². The molecule has 2 aliphatic heterocycles. The van der Waals surface area contributed by atoms with E-state index in [1.54, 1.807) is 34.6 Å². The van der Waals surface area contributed by atoms with E-state index in [0.717, 1.165) is 0 Å². The zero-order valence-electron chi connectivity index (χ0n) is 22.8. The first-order valence-corrected chi connectivity index (χ1v) is 14.4. The van der Waals surface area contributed by atoms with Crippen molar-refractivity contribution < 1.29 is 47.2 Å². The Morgan fingerprint density at radius 2 is 1.95 bits per heavy atom. The number of halogens is 1. The van der Waals surface area contributed by atoms with Gasteiger partial charge in [0.25, 0.3) is 5.89 Å². The molecule has 0 bridgehead atoms. The van der Waals surface area contributed by atoms with Crippen molar-refractivity contribution in [2.75, 3.05) is 11.9 Å². The van der Waals surface area contributed by atoms with Crippen LogP contribution >= 0.6 is 19.2 Å². The Morgan fingerprint density at radius 1 is 1.24 bits per heavy atom. The lowest BCUT2D eigenvalue weighted by atomic mass is 10.1. The van der Waals surface area contributed by atoms with Crippen molar-refractivity contribution in [2.45, 2.75) is 83.3 Å². The van der Waals surface area contributed by atoms with Crippen LogP contribution in [-0.2, 0) is 28.2 Å². The number of aromatic nitrogens is 6. The maximum absolute atomic E-state index is 12.4. The maximum Gasteiger partial charge on any atom is 0.413 e. The minimum Gasteiger partial charge on any atom is -0.444 e. The highest BCUT2D eigenvalue weighted by Crippen LogP contribution is 2.53. The van der Waals surface area contributed by atoms with Gasteiger partial charge in [0, 0.05) is 6.92 Å². The predicted molar refractivity (Wildman–Crippen MR) is 138 cm³/mol. The Labute approximate surface area is 238 Å². The minimum absolute atomic E-state index is 0.0192. The van der Waals surface area contributed by atoms with Crippen LogP contribution in [0.4, 0.5) is 10.6 Å². The average molecular weight is 618 g/mol. The fraction of sp³-hybridized carbons (Fsp3) is 0.636. The van der Waals surface area contributed by atoms with Gasteiger partial charge in [0.05, 0.1) is 12.9 Å². The number of nitrogens with zero attached hydrogens (tertiary/aromatic N) is 6. The molecule has 5 rings (SSSR count). The molecule has 17 nitrogen and oxygen atoms in total. The van der Waals surface area contributed by atoms with Crippen LogP contribution in [-0.4, -0.2) is 81.9 Å². The van der Waals surface area contributed by atoms with Crippen LogP contribution in [0.2, 0.25) is 5.28 Å². The number of carbonyl (C=O) groups excluding carboxylic acids is 1. The lowest BCUT2D eigenvalue weighted by molar-refractivity contribution is -0.202. The molecular formula is C22H29ClN7O10P.